The van der Waals surface area contributed by atoms with Crippen LogP contribution in [0.2, 0.25) is 0 Å². The number of Topliss-reactive ketones (excluding diaryl/α,β-unsaturated/α-hetero) is 1. The monoisotopic (exact) mass is 551 g/mol. The molecule has 1 heterocycles. The molecule has 192 valence electrons. The molecule has 1 aromatic carbocycles. The molecular formula is C22H24Cl3NO9. The Bertz CT molecular complexity index is 930. The fourth-order valence-corrected chi connectivity index (χ4v) is 3.26. The minimum atomic E-state index is -2.15. The van der Waals surface area contributed by atoms with Crippen molar-refractivity contribution in [1.82, 2.24) is 0 Å². The molecule has 2 rings (SSSR count). The van der Waals surface area contributed by atoms with E-state index in [1.165, 1.54) is 6.92 Å². The Kier molecular flexibility index (Phi) is 12.4. The van der Waals surface area contributed by atoms with Crippen molar-refractivity contribution in [3.63, 3.8) is 0 Å². The van der Waals surface area contributed by atoms with Gasteiger partial charge in [0.2, 0.25) is 12.2 Å². The highest BCUT2D eigenvalue weighted by Crippen LogP contribution is 2.35. The topological polar surface area (TPSA) is 146 Å². The van der Waals surface area contributed by atoms with Gasteiger partial charge < -0.3 is 23.7 Å². The van der Waals surface area contributed by atoms with Crippen LogP contribution in [0.15, 0.2) is 30.3 Å². The number of carbonyl (C=O) groups is 3. The van der Waals surface area contributed by atoms with Crippen LogP contribution >= 0.6 is 34.8 Å². The van der Waals surface area contributed by atoms with E-state index in [1.807, 2.05) is 0 Å². The van der Waals surface area contributed by atoms with Crippen molar-refractivity contribution in [1.29, 1.82) is 5.41 Å². The predicted molar refractivity (Wildman–Crippen MR) is 123 cm³/mol. The van der Waals surface area contributed by atoms with Gasteiger partial charge in [-0.05, 0) is 26.0 Å². The summed E-state index contributed by atoms with van der Waals surface area (Å²) in [5.41, 5.74) is 0.281. The largest absolute Gasteiger partial charge is 0.459 e. The van der Waals surface area contributed by atoms with E-state index < -0.39 is 52.1 Å². The Morgan fingerprint density at radius 3 is 2.09 bits per heavy atom. The summed E-state index contributed by atoms with van der Waals surface area (Å²) in [7, 11) is 0. The van der Waals surface area contributed by atoms with Crippen molar-refractivity contribution >= 4 is 64.6 Å². The van der Waals surface area contributed by atoms with Gasteiger partial charge in [-0.25, -0.2) is 4.79 Å². The molecule has 1 aliphatic rings. The summed E-state index contributed by atoms with van der Waals surface area (Å²) in [6.45, 7) is 4.69. The average Bonchev–Trinajstić information content (AvgIpc) is 2.78. The average molecular weight is 553 g/mol. The second-order valence-corrected chi connectivity index (χ2v) is 9.77. The maximum Gasteiger partial charge on any atom is 0.373 e. The number of ether oxygens (including phenoxy) is 4. The third-order valence-electron chi connectivity index (χ3n) is 4.81. The van der Waals surface area contributed by atoms with E-state index in [0.29, 0.717) is 0 Å². The quantitative estimate of drug-likeness (QED) is 0.232. The van der Waals surface area contributed by atoms with Gasteiger partial charge >= 0.3 is 18.1 Å². The molecule has 0 aromatic heterocycles. The van der Waals surface area contributed by atoms with Gasteiger partial charge in [0.25, 0.3) is 3.79 Å². The lowest BCUT2D eigenvalue weighted by atomic mass is 9.90. The molecule has 1 fully saturated rings. The smallest absolute Gasteiger partial charge is 0.373 e. The molecule has 2 unspecified atom stereocenters. The summed E-state index contributed by atoms with van der Waals surface area (Å²) in [4.78, 5) is 52.3. The summed E-state index contributed by atoms with van der Waals surface area (Å²) < 4.78 is 20.1. The van der Waals surface area contributed by atoms with E-state index in [2.05, 4.69) is 0 Å². The van der Waals surface area contributed by atoms with Gasteiger partial charge in [-0.15, -0.1) is 0 Å². The van der Waals surface area contributed by atoms with Crippen molar-refractivity contribution in [3.05, 3.63) is 35.9 Å². The van der Waals surface area contributed by atoms with Crippen LogP contribution < -0.4 is 0 Å². The minimum Gasteiger partial charge on any atom is -0.459 e. The van der Waals surface area contributed by atoms with Crippen LogP contribution in [0.3, 0.4) is 0 Å². The van der Waals surface area contributed by atoms with E-state index in [9.17, 15) is 14.4 Å². The van der Waals surface area contributed by atoms with Crippen LogP contribution in [-0.2, 0) is 38.1 Å². The standard InChI is InChI=1S/C21H24Cl3NO7.CO2/c1-11(26)9-10-15(27)30-16-12(2)17(31-18(28)14-7-5-4-6-8-14)19(29-13(16)3)32-20(25)21(22,23)24;2-1-3/h4-8,12-13,16-17,19,25H,9-10H2,1-3H3;/t12-,13?,16-,17?,19-;/m0./s1. The van der Waals surface area contributed by atoms with E-state index in [-0.39, 0.29) is 30.3 Å². The first kappa shape index (κ1) is 30.5. The number of carbonyl (C=O) groups excluding carboxylic acids is 5. The van der Waals surface area contributed by atoms with E-state index in [4.69, 9.17) is 68.7 Å². The number of hydrogen-bond acceptors (Lipinski definition) is 10. The third kappa shape index (κ3) is 9.95. The SMILES string of the molecule is CC(=O)CCC(=O)O[C@@H]1C(C)O[C@@H](OC(=N)C(Cl)(Cl)Cl)C(OC(=O)c2ccccc2)[C@H]1C.O=C=O. The molecule has 0 aliphatic carbocycles. The molecule has 35 heavy (non-hydrogen) atoms. The molecule has 10 nitrogen and oxygen atoms in total. The van der Waals surface area contributed by atoms with E-state index in [1.54, 1.807) is 44.2 Å². The molecule has 1 saturated heterocycles. The lowest BCUT2D eigenvalue weighted by Crippen LogP contribution is -2.56. The fourth-order valence-electron chi connectivity index (χ4n) is 3.13. The molecule has 13 heteroatoms. The Labute approximate surface area is 216 Å². The fraction of sp³-hybridized carbons (Fsp3) is 0.500. The minimum absolute atomic E-state index is 0.0493. The van der Waals surface area contributed by atoms with Crippen LogP contribution in [-0.4, -0.2) is 58.2 Å². The highest BCUT2D eigenvalue weighted by atomic mass is 35.6. The number of ketones is 1. The van der Waals surface area contributed by atoms with Crippen molar-refractivity contribution < 1.29 is 42.9 Å². The van der Waals surface area contributed by atoms with Gasteiger partial charge in [-0.1, -0.05) is 59.9 Å². The molecule has 0 bridgehead atoms. The second-order valence-electron chi connectivity index (χ2n) is 7.49. The molecular weight excluding hydrogens is 529 g/mol. The summed E-state index contributed by atoms with van der Waals surface area (Å²) >= 11 is 17.1. The molecule has 0 spiro atoms. The van der Waals surface area contributed by atoms with Gasteiger partial charge in [-0.3, -0.25) is 10.2 Å². The lowest BCUT2D eigenvalue weighted by Gasteiger charge is -2.43. The van der Waals surface area contributed by atoms with Gasteiger partial charge in [0.15, 0.2) is 6.10 Å². The van der Waals surface area contributed by atoms with Crippen molar-refractivity contribution in [3.8, 4) is 0 Å². The summed E-state index contributed by atoms with van der Waals surface area (Å²) in [6.07, 6.45) is -3.69. The predicted octanol–water partition coefficient (Wildman–Crippen LogP) is 3.65. The maximum absolute atomic E-state index is 12.7. The van der Waals surface area contributed by atoms with Crippen LogP contribution in [0.4, 0.5) is 0 Å². The summed E-state index contributed by atoms with van der Waals surface area (Å²) in [5.74, 6) is -2.73. The van der Waals surface area contributed by atoms with Gasteiger partial charge in [0.05, 0.1) is 18.1 Å². The zero-order valence-electron chi connectivity index (χ0n) is 19.0. The Morgan fingerprint density at radius 2 is 1.57 bits per heavy atom. The van der Waals surface area contributed by atoms with E-state index >= 15 is 0 Å². The lowest BCUT2D eigenvalue weighted by molar-refractivity contribution is -0.260. The number of esters is 2. The zero-order valence-corrected chi connectivity index (χ0v) is 21.3. The van der Waals surface area contributed by atoms with Crippen LogP contribution in [0.5, 0.6) is 0 Å². The highest BCUT2D eigenvalue weighted by Gasteiger charge is 2.49. The molecule has 1 N–H and O–H groups in total. The Balaban J connectivity index is 0.00000194. The zero-order chi connectivity index (χ0) is 26.8. The number of hydrogen-bond donors (Lipinski definition) is 1. The first-order valence-corrected chi connectivity index (χ1v) is 11.4. The first-order chi connectivity index (χ1) is 16.3. The van der Waals surface area contributed by atoms with Gasteiger partial charge in [0, 0.05) is 12.3 Å². The Morgan fingerprint density at radius 1 is 1.00 bits per heavy atom. The van der Waals surface area contributed by atoms with Gasteiger partial charge in [0.1, 0.15) is 11.9 Å². The number of alkyl halides is 3. The molecule has 0 saturated carbocycles. The van der Waals surface area contributed by atoms with Gasteiger partial charge in [-0.2, -0.15) is 9.59 Å². The molecule has 1 aliphatic heterocycles. The van der Waals surface area contributed by atoms with Crippen LogP contribution in [0, 0.1) is 11.3 Å². The first-order valence-electron chi connectivity index (χ1n) is 10.2. The normalized spacial score (nSPS) is 23.5. The van der Waals surface area contributed by atoms with Crippen molar-refractivity contribution in [2.45, 2.75) is 62.0 Å². The number of rotatable bonds is 7. The number of halogens is 3. The Hall–Kier alpha value is -2.49. The number of nitrogens with one attached hydrogen (secondary N) is 1. The summed E-state index contributed by atoms with van der Waals surface area (Å²) in [6, 6.07) is 8.22. The summed E-state index contributed by atoms with van der Waals surface area (Å²) in [5, 5.41) is 7.85. The van der Waals surface area contributed by atoms with Crippen molar-refractivity contribution in [2.24, 2.45) is 5.92 Å². The highest BCUT2D eigenvalue weighted by molar-refractivity contribution is 6.76. The van der Waals surface area contributed by atoms with Crippen molar-refractivity contribution in [2.75, 3.05) is 0 Å². The maximum atomic E-state index is 12.7. The van der Waals surface area contributed by atoms with Crippen LogP contribution in [0.25, 0.3) is 0 Å². The molecule has 0 radical (unpaired) electrons. The third-order valence-corrected chi connectivity index (χ3v) is 5.32. The molecule has 5 atom stereocenters. The number of benzene rings is 1. The van der Waals surface area contributed by atoms with Crippen LogP contribution in [0.1, 0.15) is 44.0 Å². The van der Waals surface area contributed by atoms with E-state index in [0.717, 1.165) is 0 Å². The second kappa shape index (κ2) is 14.2. The molecule has 0 amide bonds. The molecule has 1 aromatic rings.